The molecule has 1 aliphatic heterocycles. The summed E-state index contributed by atoms with van der Waals surface area (Å²) in [4.78, 5) is 31.4. The second-order valence-corrected chi connectivity index (χ2v) is 11.8. The molecule has 0 spiro atoms. The van der Waals surface area contributed by atoms with Crippen LogP contribution in [0.5, 0.6) is 0 Å². The number of benzene rings is 2. The molecular weight excluding hydrogens is 543 g/mol. The van der Waals surface area contributed by atoms with Crippen molar-refractivity contribution < 1.29 is 22.4 Å². The molecule has 3 N–H and O–H groups in total. The van der Waals surface area contributed by atoms with Crippen molar-refractivity contribution in [3.8, 4) is 0 Å². The van der Waals surface area contributed by atoms with Crippen molar-refractivity contribution in [3.63, 3.8) is 0 Å². The van der Waals surface area contributed by atoms with Gasteiger partial charge in [-0.2, -0.15) is 0 Å². The summed E-state index contributed by atoms with van der Waals surface area (Å²) in [5.41, 5.74) is 4.83. The van der Waals surface area contributed by atoms with Crippen LogP contribution in [0, 0.1) is 19.7 Å². The van der Waals surface area contributed by atoms with E-state index in [2.05, 4.69) is 34.4 Å². The Morgan fingerprint density at radius 2 is 1.78 bits per heavy atom. The fourth-order valence-corrected chi connectivity index (χ4v) is 5.87. The highest BCUT2D eigenvalue weighted by atomic mass is 32.2. The van der Waals surface area contributed by atoms with Crippen LogP contribution in [0.15, 0.2) is 52.8 Å². The summed E-state index contributed by atoms with van der Waals surface area (Å²) in [6.07, 6.45) is 4.00. The van der Waals surface area contributed by atoms with Gasteiger partial charge in [0.05, 0.1) is 16.0 Å². The molecule has 0 bridgehead atoms. The van der Waals surface area contributed by atoms with Gasteiger partial charge in [-0.3, -0.25) is 9.59 Å². The molecule has 0 aliphatic carbocycles. The molecule has 0 saturated heterocycles. The van der Waals surface area contributed by atoms with Crippen molar-refractivity contribution in [3.05, 3.63) is 87.3 Å². The van der Waals surface area contributed by atoms with Crippen LogP contribution in [-0.4, -0.2) is 56.3 Å². The third-order valence-corrected chi connectivity index (χ3v) is 8.66. The molecule has 8 nitrogen and oxygen atoms in total. The zero-order valence-corrected chi connectivity index (χ0v) is 24.5. The molecule has 2 aromatic carbocycles. The molecule has 1 aromatic heterocycles. The smallest absolute Gasteiger partial charge is 0.256 e. The maximum absolute atomic E-state index is 13.2. The number of aromatic nitrogens is 1. The molecule has 0 unspecified atom stereocenters. The van der Waals surface area contributed by atoms with E-state index in [0.717, 1.165) is 49.2 Å². The van der Waals surface area contributed by atoms with E-state index < -0.39 is 15.7 Å². The molecular formula is C31H35FN4O4S. The van der Waals surface area contributed by atoms with E-state index in [1.165, 1.54) is 18.2 Å². The predicted octanol–water partition coefficient (Wildman–Crippen LogP) is 5.17. The molecule has 3 aromatic rings. The number of hydrogen-bond donors (Lipinski definition) is 3. The van der Waals surface area contributed by atoms with Gasteiger partial charge in [-0.25, -0.2) is 12.8 Å². The number of halogens is 1. The summed E-state index contributed by atoms with van der Waals surface area (Å²) in [6, 6.07) is 9.75. The van der Waals surface area contributed by atoms with Crippen molar-refractivity contribution in [2.45, 2.75) is 39.0 Å². The Labute approximate surface area is 240 Å². The second-order valence-electron chi connectivity index (χ2n) is 9.92. The Morgan fingerprint density at radius 1 is 1.07 bits per heavy atom. The predicted molar refractivity (Wildman–Crippen MR) is 161 cm³/mol. The summed E-state index contributed by atoms with van der Waals surface area (Å²) in [6.45, 7) is 11.3. The van der Waals surface area contributed by atoms with Crippen molar-refractivity contribution in [2.75, 3.05) is 31.5 Å². The number of H-pyrrole nitrogens is 1. The number of hydrogen-bond acceptors (Lipinski definition) is 5. The fourth-order valence-electron chi connectivity index (χ4n) is 4.86. The first kappa shape index (κ1) is 30.0. The SMILES string of the molecule is CCN(CC)CCCNC(=O)c1c(C)[nH]c(/C=C2\C(=O)Nc3ccc(/C=C/S(=O)(=O)c4ccc(F)cc4)cc32)c1C. The first-order valence-corrected chi connectivity index (χ1v) is 15.1. The van der Waals surface area contributed by atoms with Crippen LogP contribution in [0.3, 0.4) is 0 Å². The van der Waals surface area contributed by atoms with Gasteiger partial charge in [0.2, 0.25) is 0 Å². The van der Waals surface area contributed by atoms with E-state index >= 15 is 0 Å². The van der Waals surface area contributed by atoms with E-state index in [1.54, 1.807) is 24.3 Å². The van der Waals surface area contributed by atoms with Crippen LogP contribution in [0.4, 0.5) is 10.1 Å². The summed E-state index contributed by atoms with van der Waals surface area (Å²) in [5, 5.41) is 6.89. The van der Waals surface area contributed by atoms with Gasteiger partial charge < -0.3 is 20.5 Å². The highest BCUT2D eigenvalue weighted by Crippen LogP contribution is 2.35. The highest BCUT2D eigenvalue weighted by molar-refractivity contribution is 7.94. The molecule has 216 valence electrons. The molecule has 10 heteroatoms. The lowest BCUT2D eigenvalue weighted by atomic mass is 10.0. The third-order valence-electron chi connectivity index (χ3n) is 7.23. The number of carbonyl (C=O) groups excluding carboxylic acids is 2. The number of anilines is 1. The lowest BCUT2D eigenvalue weighted by Crippen LogP contribution is -2.30. The minimum Gasteiger partial charge on any atom is -0.358 e. The molecule has 0 radical (unpaired) electrons. The van der Waals surface area contributed by atoms with Gasteiger partial charge in [0.25, 0.3) is 11.8 Å². The average Bonchev–Trinajstić information content (AvgIpc) is 3.41. The lowest BCUT2D eigenvalue weighted by Gasteiger charge is -2.17. The van der Waals surface area contributed by atoms with E-state index in [0.29, 0.717) is 45.9 Å². The zero-order valence-electron chi connectivity index (χ0n) is 23.7. The quantitative estimate of drug-likeness (QED) is 0.165. The third kappa shape index (κ3) is 6.83. The summed E-state index contributed by atoms with van der Waals surface area (Å²) < 4.78 is 38.5. The number of fused-ring (bicyclic) bond motifs is 1. The maximum Gasteiger partial charge on any atom is 0.256 e. The molecule has 2 heterocycles. The molecule has 41 heavy (non-hydrogen) atoms. The van der Waals surface area contributed by atoms with Crippen LogP contribution in [-0.2, 0) is 14.6 Å². The van der Waals surface area contributed by atoms with Gasteiger partial charge in [0, 0.05) is 34.6 Å². The number of nitrogens with one attached hydrogen (secondary N) is 3. The number of aryl methyl sites for hydroxylation is 1. The number of amides is 2. The van der Waals surface area contributed by atoms with E-state index in [1.807, 2.05) is 13.8 Å². The number of nitrogens with zero attached hydrogens (tertiary/aromatic N) is 1. The van der Waals surface area contributed by atoms with Crippen molar-refractivity contribution in [1.82, 2.24) is 15.2 Å². The number of rotatable bonds is 11. The molecule has 0 fully saturated rings. The molecule has 0 atom stereocenters. The van der Waals surface area contributed by atoms with E-state index in [-0.39, 0.29) is 16.7 Å². The largest absolute Gasteiger partial charge is 0.358 e. The van der Waals surface area contributed by atoms with Crippen LogP contribution in [0.2, 0.25) is 0 Å². The summed E-state index contributed by atoms with van der Waals surface area (Å²) in [7, 11) is -3.78. The average molecular weight is 579 g/mol. The minimum atomic E-state index is -3.78. The first-order valence-electron chi connectivity index (χ1n) is 13.6. The topological polar surface area (TPSA) is 111 Å². The van der Waals surface area contributed by atoms with Crippen LogP contribution in [0.25, 0.3) is 17.7 Å². The Bertz CT molecular complexity index is 1620. The van der Waals surface area contributed by atoms with Crippen molar-refractivity contribution >= 4 is 45.1 Å². The second kappa shape index (κ2) is 12.7. The van der Waals surface area contributed by atoms with E-state index in [9.17, 15) is 22.4 Å². The Balaban J connectivity index is 1.54. The fraction of sp³-hybridized carbons (Fsp3) is 0.290. The molecule has 2 amide bonds. The number of sulfone groups is 1. The van der Waals surface area contributed by atoms with Gasteiger partial charge in [0.1, 0.15) is 5.82 Å². The number of carbonyl (C=O) groups is 2. The van der Waals surface area contributed by atoms with Crippen molar-refractivity contribution in [1.29, 1.82) is 0 Å². The van der Waals surface area contributed by atoms with Gasteiger partial charge in [-0.1, -0.05) is 19.9 Å². The highest BCUT2D eigenvalue weighted by Gasteiger charge is 2.26. The molecule has 0 saturated carbocycles. The van der Waals surface area contributed by atoms with Crippen LogP contribution in [0.1, 0.15) is 58.7 Å². The van der Waals surface area contributed by atoms with E-state index in [4.69, 9.17) is 0 Å². The standard InChI is InChI=1S/C31H35FN4O4S/c1-5-36(6-2)16-7-15-33-31(38)29-20(3)28(34-21(29)4)19-26-25-18-22(8-13-27(25)35-30(26)37)14-17-41(39,40)24-11-9-23(32)10-12-24/h8-14,17-19,34H,5-7,15-16H2,1-4H3,(H,33,38)(H,35,37)/b17-14+,26-19-. The summed E-state index contributed by atoms with van der Waals surface area (Å²) >= 11 is 0. The monoisotopic (exact) mass is 578 g/mol. The van der Waals surface area contributed by atoms with Crippen LogP contribution < -0.4 is 10.6 Å². The Hall–Kier alpha value is -4.02. The van der Waals surface area contributed by atoms with Gasteiger partial charge >= 0.3 is 0 Å². The Kier molecular flexibility index (Phi) is 9.25. The van der Waals surface area contributed by atoms with Gasteiger partial charge in [-0.15, -0.1) is 0 Å². The minimum absolute atomic E-state index is 0.0185. The normalized spacial score (nSPS) is 14.2. The number of aromatic amines is 1. The van der Waals surface area contributed by atoms with Gasteiger partial charge in [-0.05, 0) is 99.6 Å². The van der Waals surface area contributed by atoms with Crippen LogP contribution >= 0.6 is 0 Å². The van der Waals surface area contributed by atoms with Crippen molar-refractivity contribution in [2.24, 2.45) is 0 Å². The first-order chi connectivity index (χ1) is 19.5. The maximum atomic E-state index is 13.2. The lowest BCUT2D eigenvalue weighted by molar-refractivity contribution is -0.110. The molecule has 4 rings (SSSR count). The zero-order chi connectivity index (χ0) is 29.7. The van der Waals surface area contributed by atoms with Gasteiger partial charge in [0.15, 0.2) is 9.84 Å². The Morgan fingerprint density at radius 3 is 2.46 bits per heavy atom. The summed E-state index contributed by atoms with van der Waals surface area (Å²) in [5.74, 6) is -0.977. The molecule has 1 aliphatic rings.